The van der Waals surface area contributed by atoms with Crippen LogP contribution in [0.15, 0.2) is 141 Å². The molecule has 67 heavy (non-hydrogen) atoms. The maximum atomic E-state index is 13.5. The molecule has 0 N–H and O–H groups in total. The highest BCUT2D eigenvalue weighted by molar-refractivity contribution is 5.94. The summed E-state index contributed by atoms with van der Waals surface area (Å²) >= 11 is 0. The first-order chi connectivity index (χ1) is 32.8. The first-order valence-corrected chi connectivity index (χ1v) is 23.6. The van der Waals surface area contributed by atoms with Crippen molar-refractivity contribution in [3.8, 4) is 45.3 Å². The molecule has 0 spiro atoms. The molecule has 0 bridgehead atoms. The van der Waals surface area contributed by atoms with Gasteiger partial charge in [0.05, 0.1) is 37.6 Å². The van der Waals surface area contributed by atoms with Crippen molar-refractivity contribution in [2.75, 3.05) is 26.4 Å². The molecule has 5 aromatic rings. The quantitative estimate of drug-likeness (QED) is 0.0190. The summed E-state index contributed by atoms with van der Waals surface area (Å²) in [6.45, 7) is 11.0. The fourth-order valence-electron chi connectivity index (χ4n) is 7.23. The number of aryl methyl sites for hydroxylation is 1. The molecule has 0 aliphatic heterocycles. The summed E-state index contributed by atoms with van der Waals surface area (Å²) in [5.74, 6) is 0.0522. The molecule has 0 radical (unpaired) electrons. The first-order valence-electron chi connectivity index (χ1n) is 23.6. The first kappa shape index (κ1) is 51.1. The Bertz CT molecular complexity index is 2310. The third kappa shape index (κ3) is 18.1. The number of carbonyl (C=O) groups is 4. The van der Waals surface area contributed by atoms with Crippen LogP contribution in [0, 0.1) is 0 Å². The molecule has 0 saturated heterocycles. The third-order valence-electron chi connectivity index (χ3n) is 11.0. The van der Waals surface area contributed by atoms with Crippen LogP contribution in [0.3, 0.4) is 0 Å². The van der Waals surface area contributed by atoms with Crippen molar-refractivity contribution in [3.05, 3.63) is 157 Å². The second-order valence-corrected chi connectivity index (χ2v) is 16.2. The Labute approximate surface area is 395 Å². The molecule has 0 amide bonds. The lowest BCUT2D eigenvalue weighted by Gasteiger charge is -2.13. The summed E-state index contributed by atoms with van der Waals surface area (Å²) in [5, 5.41) is 0. The van der Waals surface area contributed by atoms with Gasteiger partial charge in [-0.1, -0.05) is 132 Å². The van der Waals surface area contributed by atoms with Gasteiger partial charge in [0.1, 0.15) is 11.5 Å². The summed E-state index contributed by atoms with van der Waals surface area (Å²) in [6, 6.07) is 35.4. The number of hydrogen-bond donors (Lipinski definition) is 0. The lowest BCUT2D eigenvalue weighted by molar-refractivity contribution is -0.138. The minimum Gasteiger partial charge on any atom is -0.494 e. The van der Waals surface area contributed by atoms with Crippen molar-refractivity contribution in [2.24, 2.45) is 0 Å². The maximum Gasteiger partial charge on any atom is 0.343 e. The number of hydrogen-bond acceptors (Lipinski definition) is 10. The summed E-state index contributed by atoms with van der Waals surface area (Å²) in [7, 11) is 0. The normalized spacial score (nSPS) is 10.7. The van der Waals surface area contributed by atoms with E-state index in [-0.39, 0.29) is 23.4 Å². The fourth-order valence-corrected chi connectivity index (χ4v) is 7.23. The van der Waals surface area contributed by atoms with Gasteiger partial charge in [-0.25, -0.2) is 19.2 Å². The van der Waals surface area contributed by atoms with Crippen molar-refractivity contribution in [1.82, 2.24) is 0 Å². The van der Waals surface area contributed by atoms with Crippen LogP contribution in [0.5, 0.6) is 23.0 Å². The van der Waals surface area contributed by atoms with E-state index in [4.69, 9.17) is 28.4 Å². The van der Waals surface area contributed by atoms with E-state index < -0.39 is 11.9 Å². The standard InChI is InChI=1S/C57H64O10/c1-4-19-43-20-37-52(66-56(60)48-25-21-44(22-26-48)46-29-33-50(34-30-46)62-38-15-11-7-9-13-17-40-64-54(58)5-2)53(42-43)67-57(61)49-27-23-45(24-28-49)47-31-35-51(36-32-47)63-39-16-12-8-10-14-18-41-65-55(59)6-3/h5-6,20-37,42H,2-4,7-19,38-41H2,1H3. The number of esters is 4. The molecular weight excluding hydrogens is 845 g/mol. The monoisotopic (exact) mass is 908 g/mol. The Morgan fingerprint density at radius 2 is 0.791 bits per heavy atom. The van der Waals surface area contributed by atoms with Gasteiger partial charge < -0.3 is 28.4 Å². The maximum absolute atomic E-state index is 13.5. The molecule has 10 heteroatoms. The summed E-state index contributed by atoms with van der Waals surface area (Å²) in [5.41, 5.74) is 5.52. The van der Waals surface area contributed by atoms with Gasteiger partial charge >= 0.3 is 23.9 Å². The smallest absolute Gasteiger partial charge is 0.343 e. The van der Waals surface area contributed by atoms with Crippen LogP contribution in [0.25, 0.3) is 22.3 Å². The lowest BCUT2D eigenvalue weighted by atomic mass is 10.0. The molecule has 352 valence electrons. The van der Waals surface area contributed by atoms with Crippen molar-refractivity contribution >= 4 is 23.9 Å². The van der Waals surface area contributed by atoms with E-state index >= 15 is 0 Å². The molecule has 5 rings (SSSR count). The number of benzene rings is 5. The highest BCUT2D eigenvalue weighted by Crippen LogP contribution is 2.32. The van der Waals surface area contributed by atoms with Crippen LogP contribution in [0.1, 0.15) is 117 Å². The van der Waals surface area contributed by atoms with Crippen molar-refractivity contribution in [3.63, 3.8) is 0 Å². The van der Waals surface area contributed by atoms with E-state index in [2.05, 4.69) is 20.1 Å². The van der Waals surface area contributed by atoms with E-state index in [9.17, 15) is 19.2 Å². The molecular formula is C57H64O10. The minimum atomic E-state index is -0.570. The van der Waals surface area contributed by atoms with E-state index in [0.29, 0.717) is 37.6 Å². The van der Waals surface area contributed by atoms with Crippen LogP contribution < -0.4 is 18.9 Å². The van der Waals surface area contributed by atoms with Gasteiger partial charge in [-0.2, -0.15) is 0 Å². The second kappa shape index (κ2) is 28.9. The zero-order chi connectivity index (χ0) is 47.5. The van der Waals surface area contributed by atoms with Crippen molar-refractivity contribution in [1.29, 1.82) is 0 Å². The molecule has 0 aliphatic rings. The third-order valence-corrected chi connectivity index (χ3v) is 11.0. The Morgan fingerprint density at radius 3 is 1.18 bits per heavy atom. The van der Waals surface area contributed by atoms with Crippen LogP contribution in [0.4, 0.5) is 0 Å². The molecule has 0 unspecified atom stereocenters. The largest absolute Gasteiger partial charge is 0.494 e. The Balaban J connectivity index is 1.06. The number of unbranched alkanes of at least 4 members (excludes halogenated alkanes) is 10. The number of ether oxygens (including phenoxy) is 6. The van der Waals surface area contributed by atoms with Gasteiger partial charge in [-0.3, -0.25) is 0 Å². The van der Waals surface area contributed by atoms with E-state index in [1.165, 1.54) is 12.2 Å². The number of carbonyl (C=O) groups excluding carboxylic acids is 4. The van der Waals surface area contributed by atoms with Crippen LogP contribution in [-0.2, 0) is 25.5 Å². The summed E-state index contributed by atoms with van der Waals surface area (Å²) in [4.78, 5) is 49.0. The van der Waals surface area contributed by atoms with E-state index in [1.807, 2.05) is 78.9 Å². The Morgan fingerprint density at radius 1 is 0.433 bits per heavy atom. The van der Waals surface area contributed by atoms with Crippen LogP contribution >= 0.6 is 0 Å². The SMILES string of the molecule is C=CC(=O)OCCCCCCCCOc1ccc(-c2ccc(C(=O)Oc3ccc(CCC)cc3OC(=O)c3ccc(-c4ccc(OCCCCCCCCOC(=O)C=C)cc4)cc3)cc2)cc1. The van der Waals surface area contributed by atoms with Crippen molar-refractivity contribution < 1.29 is 47.6 Å². The molecule has 0 aromatic heterocycles. The molecule has 0 fully saturated rings. The van der Waals surface area contributed by atoms with Gasteiger partial charge in [-0.15, -0.1) is 0 Å². The Kier molecular flexibility index (Phi) is 22.0. The average molecular weight is 909 g/mol. The minimum absolute atomic E-state index is 0.154. The summed E-state index contributed by atoms with van der Waals surface area (Å²) < 4.78 is 33.6. The van der Waals surface area contributed by atoms with Gasteiger partial charge in [0.25, 0.3) is 0 Å². The molecule has 0 atom stereocenters. The molecule has 0 saturated carbocycles. The van der Waals surface area contributed by atoms with Gasteiger partial charge in [-0.05, 0) is 121 Å². The van der Waals surface area contributed by atoms with E-state index in [0.717, 1.165) is 129 Å². The van der Waals surface area contributed by atoms with Gasteiger partial charge in [0, 0.05) is 12.2 Å². The van der Waals surface area contributed by atoms with Crippen LogP contribution in [0.2, 0.25) is 0 Å². The topological polar surface area (TPSA) is 124 Å². The highest BCUT2D eigenvalue weighted by Gasteiger charge is 2.18. The highest BCUT2D eigenvalue weighted by atomic mass is 16.6. The van der Waals surface area contributed by atoms with Crippen molar-refractivity contribution in [2.45, 2.75) is 96.8 Å². The van der Waals surface area contributed by atoms with Gasteiger partial charge in [0.2, 0.25) is 0 Å². The average Bonchev–Trinajstić information content (AvgIpc) is 3.36. The zero-order valence-electron chi connectivity index (χ0n) is 38.8. The predicted octanol–water partition coefficient (Wildman–Crippen LogP) is 13.3. The van der Waals surface area contributed by atoms with Gasteiger partial charge in [0.15, 0.2) is 11.5 Å². The lowest BCUT2D eigenvalue weighted by Crippen LogP contribution is -2.13. The molecule has 5 aromatic carbocycles. The fraction of sp³-hybridized carbons (Fsp3) is 0.333. The zero-order valence-corrected chi connectivity index (χ0v) is 38.8. The summed E-state index contributed by atoms with van der Waals surface area (Å²) in [6.07, 6.45) is 16.3. The molecule has 0 heterocycles. The molecule has 10 nitrogen and oxygen atoms in total. The van der Waals surface area contributed by atoms with Crippen LogP contribution in [-0.4, -0.2) is 50.3 Å². The predicted molar refractivity (Wildman–Crippen MR) is 263 cm³/mol. The second-order valence-electron chi connectivity index (χ2n) is 16.2. The van der Waals surface area contributed by atoms with E-state index in [1.54, 1.807) is 36.4 Å². The molecule has 0 aliphatic carbocycles. The Hall–Kier alpha value is -6.94. The number of rotatable bonds is 30.